The van der Waals surface area contributed by atoms with Gasteiger partial charge in [0.05, 0.1) is 22.8 Å². The van der Waals surface area contributed by atoms with Crippen molar-refractivity contribution in [3.8, 4) is 16.9 Å². The fourth-order valence-corrected chi connectivity index (χ4v) is 5.92. The number of carbonyl (C=O) groups excluding carboxylic acids is 2. The molecule has 228 valence electrons. The molecule has 10 nitrogen and oxygen atoms in total. The molecule has 0 spiro atoms. The van der Waals surface area contributed by atoms with E-state index < -0.39 is 17.8 Å². The number of aromatic nitrogens is 5. The Morgan fingerprint density at radius 1 is 0.957 bits per heavy atom. The smallest absolute Gasteiger partial charge is 0.265 e. The zero-order chi connectivity index (χ0) is 31.9. The summed E-state index contributed by atoms with van der Waals surface area (Å²) < 4.78 is 18.8. The standard InChI is InChI=1S/C34H25BrFN7O3/c1-20-37-29-5-3-2-4-26(29)33(45)43(20)25-11-6-21(7-12-25)32(44)38-23-10-15-28(36)27(18-23)30-19-42(40-39-30)31-16-17-41(34(31)46)24-13-8-22(35)9-14-24/h2-15,18-19,31H,16-17H2,1H3,(H,38,44). The summed E-state index contributed by atoms with van der Waals surface area (Å²) in [5.74, 6) is -0.564. The predicted octanol–water partition coefficient (Wildman–Crippen LogP) is 6.08. The lowest BCUT2D eigenvalue weighted by Crippen LogP contribution is -2.28. The first-order valence-corrected chi connectivity index (χ1v) is 15.2. The third-order valence-corrected chi connectivity index (χ3v) is 8.51. The van der Waals surface area contributed by atoms with Crippen LogP contribution >= 0.6 is 15.9 Å². The molecular formula is C34H25BrFN7O3. The number of hydrogen-bond acceptors (Lipinski definition) is 6. The van der Waals surface area contributed by atoms with E-state index in [4.69, 9.17) is 0 Å². The average Bonchev–Trinajstić information content (AvgIpc) is 3.69. The Morgan fingerprint density at radius 3 is 2.48 bits per heavy atom. The molecule has 0 saturated carbocycles. The van der Waals surface area contributed by atoms with Crippen LogP contribution in [0.5, 0.6) is 0 Å². The highest BCUT2D eigenvalue weighted by molar-refractivity contribution is 9.10. The van der Waals surface area contributed by atoms with E-state index in [-0.39, 0.29) is 22.7 Å². The van der Waals surface area contributed by atoms with Gasteiger partial charge in [-0.3, -0.25) is 19.0 Å². The van der Waals surface area contributed by atoms with E-state index in [0.29, 0.717) is 46.6 Å². The molecule has 6 aromatic rings. The van der Waals surface area contributed by atoms with Crippen molar-refractivity contribution in [2.24, 2.45) is 0 Å². The first kappa shape index (κ1) is 29.2. The summed E-state index contributed by atoms with van der Waals surface area (Å²) in [6.45, 7) is 2.27. The second kappa shape index (κ2) is 11.8. The number of aryl methyl sites for hydroxylation is 1. The van der Waals surface area contributed by atoms with Crippen LogP contribution in [0.2, 0.25) is 0 Å². The van der Waals surface area contributed by atoms with Crippen molar-refractivity contribution in [3.63, 3.8) is 0 Å². The minimum Gasteiger partial charge on any atom is -0.322 e. The van der Waals surface area contributed by atoms with Crippen LogP contribution in [-0.2, 0) is 4.79 Å². The van der Waals surface area contributed by atoms with Crippen LogP contribution in [0.3, 0.4) is 0 Å². The number of carbonyl (C=O) groups is 2. The van der Waals surface area contributed by atoms with Crippen molar-refractivity contribution in [3.05, 3.63) is 129 Å². The predicted molar refractivity (Wildman–Crippen MR) is 176 cm³/mol. The maximum Gasteiger partial charge on any atom is 0.265 e. The van der Waals surface area contributed by atoms with Crippen molar-refractivity contribution in [1.29, 1.82) is 0 Å². The van der Waals surface area contributed by atoms with E-state index in [1.165, 1.54) is 27.4 Å². The fourth-order valence-electron chi connectivity index (χ4n) is 5.65. The number of nitrogens with zero attached hydrogens (tertiary/aromatic N) is 6. The van der Waals surface area contributed by atoms with Crippen LogP contribution in [0.1, 0.15) is 28.6 Å². The molecule has 3 heterocycles. The monoisotopic (exact) mass is 677 g/mol. The quantitative estimate of drug-likeness (QED) is 0.228. The molecule has 7 rings (SSSR count). The minimum atomic E-state index is -0.566. The third-order valence-electron chi connectivity index (χ3n) is 7.98. The molecule has 1 unspecified atom stereocenters. The molecule has 2 amide bonds. The number of halogens is 2. The Morgan fingerprint density at radius 2 is 1.70 bits per heavy atom. The summed E-state index contributed by atoms with van der Waals surface area (Å²) in [7, 11) is 0. The number of nitrogens with one attached hydrogen (secondary N) is 1. The van der Waals surface area contributed by atoms with Gasteiger partial charge in [0, 0.05) is 33.5 Å². The van der Waals surface area contributed by atoms with Crippen LogP contribution in [0.25, 0.3) is 27.8 Å². The Hall–Kier alpha value is -5.49. The van der Waals surface area contributed by atoms with Crippen LogP contribution in [0, 0.1) is 12.7 Å². The number of benzene rings is 4. The lowest BCUT2D eigenvalue weighted by Gasteiger charge is -2.16. The van der Waals surface area contributed by atoms with E-state index in [1.54, 1.807) is 60.5 Å². The highest BCUT2D eigenvalue weighted by Crippen LogP contribution is 2.31. The van der Waals surface area contributed by atoms with Crippen molar-refractivity contribution in [2.45, 2.75) is 19.4 Å². The second-order valence-corrected chi connectivity index (χ2v) is 11.8. The van der Waals surface area contributed by atoms with Gasteiger partial charge in [-0.25, -0.2) is 14.1 Å². The molecule has 4 aromatic carbocycles. The van der Waals surface area contributed by atoms with Crippen molar-refractivity contribution >= 4 is 50.0 Å². The number of amides is 2. The van der Waals surface area contributed by atoms with Crippen LogP contribution in [0.15, 0.2) is 106 Å². The maximum atomic E-state index is 15.0. The second-order valence-electron chi connectivity index (χ2n) is 10.9. The van der Waals surface area contributed by atoms with Gasteiger partial charge in [-0.2, -0.15) is 0 Å². The first-order valence-electron chi connectivity index (χ1n) is 14.5. The summed E-state index contributed by atoms with van der Waals surface area (Å²) in [6, 6.07) is 24.8. The summed E-state index contributed by atoms with van der Waals surface area (Å²) in [6.07, 6.45) is 2.07. The summed E-state index contributed by atoms with van der Waals surface area (Å²) in [5.41, 5.74) is 2.84. The van der Waals surface area contributed by atoms with E-state index in [0.717, 1.165) is 10.2 Å². The molecule has 0 bridgehead atoms. The largest absolute Gasteiger partial charge is 0.322 e. The van der Waals surface area contributed by atoms with Gasteiger partial charge in [-0.15, -0.1) is 5.10 Å². The van der Waals surface area contributed by atoms with E-state index in [2.05, 4.69) is 36.5 Å². The SMILES string of the molecule is Cc1nc2ccccc2c(=O)n1-c1ccc(C(=O)Nc2ccc(F)c(-c3cn(C4CCN(c5ccc(Br)cc5)C4=O)nn3)c2)cc1. The van der Waals surface area contributed by atoms with E-state index in [1.807, 2.05) is 30.3 Å². The van der Waals surface area contributed by atoms with E-state index in [9.17, 15) is 18.8 Å². The minimum absolute atomic E-state index is 0.122. The molecule has 1 atom stereocenters. The Balaban J connectivity index is 1.08. The van der Waals surface area contributed by atoms with Crippen molar-refractivity contribution < 1.29 is 14.0 Å². The van der Waals surface area contributed by atoms with Crippen molar-refractivity contribution in [2.75, 3.05) is 16.8 Å². The van der Waals surface area contributed by atoms with Gasteiger partial charge >= 0.3 is 0 Å². The van der Waals surface area contributed by atoms with Gasteiger partial charge in [-0.05, 0) is 92.2 Å². The van der Waals surface area contributed by atoms with Crippen LogP contribution in [0.4, 0.5) is 15.8 Å². The summed E-state index contributed by atoms with van der Waals surface area (Å²) in [4.78, 5) is 45.7. The molecule has 46 heavy (non-hydrogen) atoms. The Labute approximate surface area is 270 Å². The molecule has 1 fully saturated rings. The van der Waals surface area contributed by atoms with Crippen LogP contribution in [-0.4, -0.2) is 42.9 Å². The third kappa shape index (κ3) is 5.36. The molecule has 0 radical (unpaired) electrons. The molecule has 2 aromatic heterocycles. The summed E-state index contributed by atoms with van der Waals surface area (Å²) in [5, 5.41) is 11.6. The van der Waals surface area contributed by atoms with Gasteiger partial charge in [0.2, 0.25) is 0 Å². The zero-order valence-corrected chi connectivity index (χ0v) is 26.0. The maximum absolute atomic E-state index is 15.0. The van der Waals surface area contributed by atoms with Gasteiger partial charge < -0.3 is 10.2 Å². The van der Waals surface area contributed by atoms with Gasteiger partial charge in [0.15, 0.2) is 0 Å². The molecule has 1 saturated heterocycles. The number of fused-ring (bicyclic) bond motifs is 1. The van der Waals surface area contributed by atoms with Crippen molar-refractivity contribution in [1.82, 2.24) is 24.5 Å². The highest BCUT2D eigenvalue weighted by Gasteiger charge is 2.35. The molecule has 12 heteroatoms. The highest BCUT2D eigenvalue weighted by atomic mass is 79.9. The van der Waals surface area contributed by atoms with E-state index >= 15 is 0 Å². The Bertz CT molecular complexity index is 2200. The van der Waals surface area contributed by atoms with Gasteiger partial charge in [-0.1, -0.05) is 33.3 Å². The molecule has 0 aliphatic carbocycles. The van der Waals surface area contributed by atoms with Gasteiger partial charge in [0.1, 0.15) is 23.4 Å². The lowest BCUT2D eigenvalue weighted by atomic mass is 10.1. The first-order chi connectivity index (χ1) is 22.3. The normalized spacial score (nSPS) is 14.6. The number of hydrogen-bond donors (Lipinski definition) is 1. The number of para-hydroxylation sites is 1. The molecule has 1 N–H and O–H groups in total. The zero-order valence-electron chi connectivity index (χ0n) is 24.4. The average molecular weight is 679 g/mol. The topological polar surface area (TPSA) is 115 Å². The van der Waals surface area contributed by atoms with Crippen LogP contribution < -0.4 is 15.8 Å². The summed E-state index contributed by atoms with van der Waals surface area (Å²) >= 11 is 3.41. The molecular weight excluding hydrogens is 653 g/mol. The Kier molecular flexibility index (Phi) is 7.49. The number of rotatable bonds is 6. The molecule has 1 aliphatic rings. The molecule has 1 aliphatic heterocycles. The van der Waals surface area contributed by atoms with Gasteiger partial charge in [0.25, 0.3) is 17.4 Å². The fraction of sp³-hybridized carbons (Fsp3) is 0.118. The lowest BCUT2D eigenvalue weighted by molar-refractivity contribution is -0.120. The number of anilines is 2.